The molecule has 1 aliphatic rings. The molecule has 1 saturated heterocycles. The Labute approximate surface area is 173 Å². The third-order valence-corrected chi connectivity index (χ3v) is 4.69. The number of carboxylic acids is 1. The predicted octanol–water partition coefficient (Wildman–Crippen LogP) is -2.37. The van der Waals surface area contributed by atoms with Gasteiger partial charge < -0.3 is 35.0 Å². The molecular formula is C13H16O16S2. The lowest BCUT2D eigenvalue weighted by Gasteiger charge is -2.40. The SMILES string of the molecule is O=C(O)c1cc(O)c(O[C@@H]2O[C@H](COS(=O)(=O)O)[C@@H](O)[C@H](OS(=O)(=O)O)[C@H]2O)c(O)c1. The highest BCUT2D eigenvalue weighted by Gasteiger charge is 2.49. The average molecular weight is 492 g/mol. The fourth-order valence-corrected chi connectivity index (χ4v) is 3.32. The Morgan fingerprint density at radius 2 is 1.55 bits per heavy atom. The second kappa shape index (κ2) is 9.06. The van der Waals surface area contributed by atoms with Gasteiger partial charge in [-0.15, -0.1) is 0 Å². The van der Waals surface area contributed by atoms with Gasteiger partial charge in [-0.3, -0.25) is 9.11 Å². The van der Waals surface area contributed by atoms with Crippen LogP contribution in [0.2, 0.25) is 0 Å². The average Bonchev–Trinajstić information content (AvgIpc) is 2.60. The maximum Gasteiger partial charge on any atom is 0.397 e. The molecular weight excluding hydrogens is 476 g/mol. The largest absolute Gasteiger partial charge is 0.504 e. The van der Waals surface area contributed by atoms with Crippen LogP contribution >= 0.6 is 0 Å². The van der Waals surface area contributed by atoms with Gasteiger partial charge in [0.05, 0.1) is 12.2 Å². The molecule has 1 fully saturated rings. The number of aromatic hydroxyl groups is 2. The summed E-state index contributed by atoms with van der Waals surface area (Å²) in [5.41, 5.74) is -0.560. The summed E-state index contributed by atoms with van der Waals surface area (Å²) in [6.07, 6.45) is -10.7. The molecule has 0 aromatic heterocycles. The first-order valence-electron chi connectivity index (χ1n) is 7.84. The molecule has 1 aliphatic heterocycles. The number of phenols is 2. The molecule has 0 bridgehead atoms. The van der Waals surface area contributed by atoms with Gasteiger partial charge in [-0.2, -0.15) is 16.8 Å². The Kier molecular flexibility index (Phi) is 7.30. The molecule has 7 N–H and O–H groups in total. The molecule has 0 aliphatic carbocycles. The molecule has 31 heavy (non-hydrogen) atoms. The van der Waals surface area contributed by atoms with Crippen molar-refractivity contribution in [1.82, 2.24) is 0 Å². The van der Waals surface area contributed by atoms with Crippen LogP contribution in [0.15, 0.2) is 12.1 Å². The Morgan fingerprint density at radius 1 is 1.00 bits per heavy atom. The number of aromatic carboxylic acids is 1. The van der Waals surface area contributed by atoms with Gasteiger partial charge in [0.1, 0.15) is 24.4 Å². The zero-order chi connectivity index (χ0) is 23.7. The van der Waals surface area contributed by atoms with Crippen LogP contribution in [0, 0.1) is 0 Å². The fourth-order valence-electron chi connectivity index (χ4n) is 2.50. The highest BCUT2D eigenvalue weighted by Crippen LogP contribution is 2.39. The maximum atomic E-state index is 11.0. The van der Waals surface area contributed by atoms with E-state index >= 15 is 0 Å². The second-order valence-corrected chi connectivity index (χ2v) is 8.13. The normalized spacial score (nSPS) is 27.0. The molecule has 1 heterocycles. The number of carbonyl (C=O) groups is 1. The van der Waals surface area contributed by atoms with E-state index in [-0.39, 0.29) is 0 Å². The minimum Gasteiger partial charge on any atom is -0.504 e. The van der Waals surface area contributed by atoms with E-state index in [1.54, 1.807) is 0 Å². The van der Waals surface area contributed by atoms with E-state index in [4.69, 9.17) is 23.7 Å². The fraction of sp³-hybridized carbons (Fsp3) is 0.462. The zero-order valence-corrected chi connectivity index (χ0v) is 16.5. The standard InChI is InChI=1S/C13H16O16S2/c14-5-1-4(12(18)19)2-6(15)10(5)28-13-9(17)11(29-31(23,24)25)8(16)7(27-13)3-26-30(20,21)22/h1-2,7-9,11,13-17H,3H2,(H,18,19)(H,20,21,22)(H,23,24,25)/t7-,8-,9-,11+,13+/m1/s1. The van der Waals surface area contributed by atoms with E-state index in [1.165, 1.54) is 0 Å². The van der Waals surface area contributed by atoms with E-state index < -0.39 is 86.9 Å². The number of rotatable bonds is 8. The number of carboxylic acid groups (broad SMARTS) is 1. The minimum atomic E-state index is -5.29. The smallest absolute Gasteiger partial charge is 0.397 e. The molecule has 0 amide bonds. The first kappa shape index (κ1) is 25.0. The van der Waals surface area contributed by atoms with Crippen LogP contribution in [-0.2, 0) is 33.9 Å². The van der Waals surface area contributed by atoms with Crippen LogP contribution in [0.4, 0.5) is 0 Å². The Morgan fingerprint density at radius 3 is 2.00 bits per heavy atom. The third-order valence-electron chi connectivity index (χ3n) is 3.79. The van der Waals surface area contributed by atoms with Gasteiger partial charge in [-0.05, 0) is 12.1 Å². The molecule has 0 spiro atoms. The van der Waals surface area contributed by atoms with Crippen LogP contribution in [0.1, 0.15) is 10.4 Å². The molecule has 1 aromatic rings. The summed E-state index contributed by atoms with van der Waals surface area (Å²) in [4.78, 5) is 10.9. The summed E-state index contributed by atoms with van der Waals surface area (Å²) < 4.78 is 79.2. The van der Waals surface area contributed by atoms with Gasteiger partial charge in [0.2, 0.25) is 12.0 Å². The van der Waals surface area contributed by atoms with Crippen LogP contribution in [0.3, 0.4) is 0 Å². The molecule has 176 valence electrons. The van der Waals surface area contributed by atoms with Crippen molar-refractivity contribution in [3.63, 3.8) is 0 Å². The number of ether oxygens (including phenoxy) is 2. The molecule has 18 heteroatoms. The molecule has 0 saturated carbocycles. The summed E-state index contributed by atoms with van der Waals surface area (Å²) in [7, 11) is -10.3. The molecule has 2 rings (SSSR count). The van der Waals surface area contributed by atoms with Crippen molar-refractivity contribution < 1.29 is 74.1 Å². The molecule has 0 radical (unpaired) electrons. The summed E-state index contributed by atoms with van der Waals surface area (Å²) in [6, 6.07) is 1.29. The van der Waals surface area contributed by atoms with Crippen LogP contribution in [-0.4, -0.2) is 94.8 Å². The van der Waals surface area contributed by atoms with Gasteiger partial charge >= 0.3 is 26.8 Å². The summed E-state index contributed by atoms with van der Waals surface area (Å²) in [5.74, 6) is -4.31. The second-order valence-electron chi connectivity index (χ2n) is 5.99. The van der Waals surface area contributed by atoms with Crippen LogP contribution < -0.4 is 4.74 Å². The van der Waals surface area contributed by atoms with Gasteiger partial charge in [-0.1, -0.05) is 0 Å². The summed E-state index contributed by atoms with van der Waals surface area (Å²) in [6.45, 7) is -1.16. The lowest BCUT2D eigenvalue weighted by molar-refractivity contribution is -0.271. The van der Waals surface area contributed by atoms with Crippen molar-refractivity contribution in [1.29, 1.82) is 0 Å². The molecule has 1 aromatic carbocycles. The summed E-state index contributed by atoms with van der Waals surface area (Å²) in [5, 5.41) is 48.9. The zero-order valence-electron chi connectivity index (χ0n) is 14.9. The third kappa shape index (κ3) is 6.59. The lowest BCUT2D eigenvalue weighted by atomic mass is 9.99. The van der Waals surface area contributed by atoms with E-state index in [2.05, 4.69) is 8.37 Å². The number of hydrogen-bond donors (Lipinski definition) is 7. The van der Waals surface area contributed by atoms with Crippen molar-refractivity contribution in [2.45, 2.75) is 30.7 Å². The van der Waals surface area contributed by atoms with Gasteiger partial charge in [-0.25, -0.2) is 13.2 Å². The molecule has 0 unspecified atom stereocenters. The van der Waals surface area contributed by atoms with Crippen LogP contribution in [0.25, 0.3) is 0 Å². The van der Waals surface area contributed by atoms with Gasteiger partial charge in [0.25, 0.3) is 0 Å². The van der Waals surface area contributed by atoms with Crippen molar-refractivity contribution in [3.8, 4) is 17.2 Å². The number of phenolic OH excluding ortho intramolecular Hbond substituents is 2. The predicted molar refractivity (Wildman–Crippen MR) is 92.0 cm³/mol. The topological polar surface area (TPSA) is 264 Å². The number of aliphatic hydroxyl groups excluding tert-OH is 2. The quantitative estimate of drug-likeness (QED) is 0.187. The summed E-state index contributed by atoms with van der Waals surface area (Å²) >= 11 is 0. The van der Waals surface area contributed by atoms with Gasteiger partial charge in [0.15, 0.2) is 11.5 Å². The maximum absolute atomic E-state index is 11.0. The van der Waals surface area contributed by atoms with Crippen molar-refractivity contribution >= 4 is 26.8 Å². The van der Waals surface area contributed by atoms with E-state index in [0.29, 0.717) is 12.1 Å². The highest BCUT2D eigenvalue weighted by atomic mass is 32.3. The van der Waals surface area contributed by atoms with E-state index in [9.17, 15) is 42.1 Å². The van der Waals surface area contributed by atoms with Crippen LogP contribution in [0.5, 0.6) is 17.2 Å². The number of hydrogen-bond acceptors (Lipinski definition) is 13. The highest BCUT2D eigenvalue weighted by molar-refractivity contribution is 7.81. The molecule has 16 nitrogen and oxygen atoms in total. The van der Waals surface area contributed by atoms with E-state index in [0.717, 1.165) is 0 Å². The minimum absolute atomic E-state index is 0.560. The number of benzene rings is 1. The first-order valence-corrected chi connectivity index (χ1v) is 10.6. The monoisotopic (exact) mass is 492 g/mol. The Hall–Kier alpha value is -2.29. The Balaban J connectivity index is 2.37. The Bertz CT molecular complexity index is 1010. The van der Waals surface area contributed by atoms with E-state index in [1.807, 2.05) is 0 Å². The van der Waals surface area contributed by atoms with Crippen molar-refractivity contribution in [3.05, 3.63) is 17.7 Å². The van der Waals surface area contributed by atoms with Crippen molar-refractivity contribution in [2.75, 3.05) is 6.61 Å². The van der Waals surface area contributed by atoms with Gasteiger partial charge in [0, 0.05) is 0 Å². The number of aliphatic hydroxyl groups is 2. The molecule has 5 atom stereocenters. The lowest BCUT2D eigenvalue weighted by Crippen LogP contribution is -2.61. The first-order chi connectivity index (χ1) is 14.1. The van der Waals surface area contributed by atoms with Crippen molar-refractivity contribution in [2.24, 2.45) is 0 Å².